The molecule has 0 atom stereocenters. The lowest BCUT2D eigenvalue weighted by molar-refractivity contribution is -0.0525. The Morgan fingerprint density at radius 2 is 1.96 bits per heavy atom. The smallest absolute Gasteiger partial charge is 0.110 e. The van der Waals surface area contributed by atoms with E-state index in [2.05, 4.69) is 29.0 Å². The van der Waals surface area contributed by atoms with Gasteiger partial charge in [0.2, 0.25) is 0 Å². The molecule has 0 unspecified atom stereocenters. The number of hydrogen-bond donors (Lipinski definition) is 1. The van der Waals surface area contributed by atoms with E-state index in [-0.39, 0.29) is 0 Å². The van der Waals surface area contributed by atoms with Crippen LogP contribution in [0, 0.1) is 0 Å². The molecule has 136 valence electrons. The van der Waals surface area contributed by atoms with Gasteiger partial charge in [-0.05, 0) is 38.8 Å². The molecule has 2 fully saturated rings. The first-order valence-corrected chi connectivity index (χ1v) is 10.2. The van der Waals surface area contributed by atoms with Crippen LogP contribution in [-0.2, 0) is 16.9 Å². The topological polar surface area (TPSA) is 48.8 Å². The Kier molecular flexibility index (Phi) is 6.27. The number of aromatic nitrogens is 1. The molecule has 0 aromatic carbocycles. The molecule has 0 radical (unpaired) electrons. The van der Waals surface area contributed by atoms with Crippen LogP contribution >= 0.6 is 11.3 Å². The van der Waals surface area contributed by atoms with Crippen LogP contribution in [0.1, 0.15) is 50.2 Å². The largest absolute Gasteiger partial charge is 0.383 e. The summed E-state index contributed by atoms with van der Waals surface area (Å²) in [5.74, 6) is 0. The fourth-order valence-corrected chi connectivity index (χ4v) is 4.73. The average molecular weight is 354 g/mol. The Hall–Kier alpha value is -0.530. The molecular formula is C18H31N3O2S. The zero-order valence-electron chi connectivity index (χ0n) is 15.0. The molecular weight excluding hydrogens is 322 g/mol. The van der Waals surface area contributed by atoms with Crippen LogP contribution in [0.3, 0.4) is 0 Å². The number of rotatable bonds is 6. The van der Waals surface area contributed by atoms with Crippen molar-refractivity contribution < 1.29 is 9.84 Å². The SMILES string of the molecule is CCN(CC)Cc1nc(C2(O)CCN(C3CCOCC3)CC2)cs1. The fraction of sp³-hybridized carbons (Fsp3) is 0.833. The Labute approximate surface area is 149 Å². The summed E-state index contributed by atoms with van der Waals surface area (Å²) in [6, 6.07) is 0.636. The molecule has 0 amide bonds. The highest BCUT2D eigenvalue weighted by Crippen LogP contribution is 2.35. The summed E-state index contributed by atoms with van der Waals surface area (Å²) in [4.78, 5) is 9.67. The number of aliphatic hydroxyl groups is 1. The van der Waals surface area contributed by atoms with Crippen LogP contribution in [-0.4, -0.2) is 65.3 Å². The summed E-state index contributed by atoms with van der Waals surface area (Å²) in [6.45, 7) is 11.0. The molecule has 0 spiro atoms. The molecule has 0 saturated carbocycles. The quantitative estimate of drug-likeness (QED) is 0.851. The first kappa shape index (κ1) is 18.3. The molecule has 5 nitrogen and oxygen atoms in total. The third kappa shape index (κ3) is 4.17. The summed E-state index contributed by atoms with van der Waals surface area (Å²) in [5.41, 5.74) is 0.154. The van der Waals surface area contributed by atoms with Crippen molar-refractivity contribution in [1.82, 2.24) is 14.8 Å². The normalized spacial score (nSPS) is 23.0. The van der Waals surface area contributed by atoms with Gasteiger partial charge in [-0.15, -0.1) is 11.3 Å². The Morgan fingerprint density at radius 3 is 2.58 bits per heavy atom. The van der Waals surface area contributed by atoms with Gasteiger partial charge >= 0.3 is 0 Å². The minimum absolute atomic E-state index is 0.636. The van der Waals surface area contributed by atoms with Gasteiger partial charge in [0.1, 0.15) is 10.6 Å². The number of hydrogen-bond acceptors (Lipinski definition) is 6. The van der Waals surface area contributed by atoms with Crippen LogP contribution in [0.25, 0.3) is 0 Å². The molecule has 24 heavy (non-hydrogen) atoms. The Bertz CT molecular complexity index is 504. The van der Waals surface area contributed by atoms with Crippen molar-refractivity contribution in [3.63, 3.8) is 0 Å². The van der Waals surface area contributed by atoms with Crippen molar-refractivity contribution >= 4 is 11.3 Å². The molecule has 1 aromatic rings. The highest BCUT2D eigenvalue weighted by Gasteiger charge is 2.38. The minimum Gasteiger partial charge on any atom is -0.383 e. The molecule has 0 aliphatic carbocycles. The van der Waals surface area contributed by atoms with Gasteiger partial charge in [-0.25, -0.2) is 4.98 Å². The summed E-state index contributed by atoms with van der Waals surface area (Å²) < 4.78 is 5.46. The van der Waals surface area contributed by atoms with Gasteiger partial charge in [0.05, 0.1) is 12.2 Å². The number of ether oxygens (including phenoxy) is 1. The Morgan fingerprint density at radius 1 is 1.29 bits per heavy atom. The van der Waals surface area contributed by atoms with Crippen LogP contribution in [0.4, 0.5) is 0 Å². The van der Waals surface area contributed by atoms with Gasteiger partial charge in [-0.2, -0.15) is 0 Å². The van der Waals surface area contributed by atoms with Gasteiger partial charge in [0, 0.05) is 37.7 Å². The Balaban J connectivity index is 1.58. The standard InChI is InChI=1S/C18H31N3O2S/c1-3-20(4-2)13-17-19-16(14-24-17)18(22)7-9-21(10-8-18)15-5-11-23-12-6-15/h14-15,22H,3-13H2,1-2H3. The van der Waals surface area contributed by atoms with Crippen LogP contribution in [0.15, 0.2) is 5.38 Å². The number of nitrogens with zero attached hydrogens (tertiary/aromatic N) is 3. The van der Waals surface area contributed by atoms with Crippen molar-refractivity contribution in [3.8, 4) is 0 Å². The summed E-state index contributed by atoms with van der Waals surface area (Å²) >= 11 is 1.69. The third-order valence-electron chi connectivity index (χ3n) is 5.61. The zero-order valence-corrected chi connectivity index (χ0v) is 15.9. The van der Waals surface area contributed by atoms with Crippen LogP contribution in [0.2, 0.25) is 0 Å². The van der Waals surface area contributed by atoms with Gasteiger partial charge in [-0.3, -0.25) is 9.80 Å². The molecule has 0 bridgehead atoms. The van der Waals surface area contributed by atoms with Gasteiger partial charge in [0.15, 0.2) is 0 Å². The predicted molar refractivity (Wildman–Crippen MR) is 97.3 cm³/mol. The average Bonchev–Trinajstić information content (AvgIpc) is 3.10. The number of thiazole rings is 1. The van der Waals surface area contributed by atoms with E-state index in [1.165, 1.54) is 0 Å². The van der Waals surface area contributed by atoms with E-state index in [0.717, 1.165) is 82.3 Å². The van der Waals surface area contributed by atoms with E-state index in [1.54, 1.807) is 11.3 Å². The summed E-state index contributed by atoms with van der Waals surface area (Å²) in [6.07, 6.45) is 3.84. The number of likely N-dealkylation sites (tertiary alicyclic amines) is 1. The van der Waals surface area contributed by atoms with Crippen molar-refractivity contribution in [2.24, 2.45) is 0 Å². The minimum atomic E-state index is -0.736. The third-order valence-corrected chi connectivity index (χ3v) is 6.45. The first-order valence-electron chi connectivity index (χ1n) is 9.36. The fourth-order valence-electron chi connectivity index (χ4n) is 3.80. The van der Waals surface area contributed by atoms with E-state index >= 15 is 0 Å². The summed E-state index contributed by atoms with van der Waals surface area (Å²) in [7, 11) is 0. The highest BCUT2D eigenvalue weighted by atomic mass is 32.1. The van der Waals surface area contributed by atoms with E-state index in [0.29, 0.717) is 6.04 Å². The van der Waals surface area contributed by atoms with Gasteiger partial charge in [0.25, 0.3) is 0 Å². The van der Waals surface area contributed by atoms with Crippen molar-refractivity contribution in [2.45, 2.75) is 57.7 Å². The van der Waals surface area contributed by atoms with Gasteiger partial charge in [-0.1, -0.05) is 13.8 Å². The highest BCUT2D eigenvalue weighted by molar-refractivity contribution is 7.09. The predicted octanol–water partition coefficient (Wildman–Crippen LogP) is 2.45. The van der Waals surface area contributed by atoms with Gasteiger partial charge < -0.3 is 9.84 Å². The monoisotopic (exact) mass is 353 g/mol. The second-order valence-electron chi connectivity index (χ2n) is 7.00. The lowest BCUT2D eigenvalue weighted by Gasteiger charge is -2.42. The molecule has 1 N–H and O–H groups in total. The van der Waals surface area contributed by atoms with E-state index < -0.39 is 5.60 Å². The zero-order chi connectivity index (χ0) is 17.0. The van der Waals surface area contributed by atoms with Crippen LogP contribution in [0.5, 0.6) is 0 Å². The maximum Gasteiger partial charge on any atom is 0.110 e. The van der Waals surface area contributed by atoms with E-state index in [4.69, 9.17) is 9.72 Å². The maximum atomic E-state index is 11.1. The molecule has 2 saturated heterocycles. The molecule has 3 heterocycles. The second kappa shape index (κ2) is 8.23. The molecule has 2 aliphatic heterocycles. The van der Waals surface area contributed by atoms with Crippen molar-refractivity contribution in [3.05, 3.63) is 16.1 Å². The van der Waals surface area contributed by atoms with Crippen LogP contribution < -0.4 is 0 Å². The molecule has 2 aliphatic rings. The summed E-state index contributed by atoms with van der Waals surface area (Å²) in [5, 5.41) is 14.3. The van der Waals surface area contributed by atoms with E-state index in [9.17, 15) is 5.11 Å². The maximum absolute atomic E-state index is 11.1. The molecule has 3 rings (SSSR count). The first-order chi connectivity index (χ1) is 11.6. The second-order valence-corrected chi connectivity index (χ2v) is 7.94. The molecule has 6 heteroatoms. The number of piperidine rings is 1. The van der Waals surface area contributed by atoms with E-state index in [1.807, 2.05) is 0 Å². The lowest BCUT2D eigenvalue weighted by atomic mass is 9.87. The van der Waals surface area contributed by atoms with Crippen molar-refractivity contribution in [1.29, 1.82) is 0 Å². The van der Waals surface area contributed by atoms with Crippen molar-refractivity contribution in [2.75, 3.05) is 39.4 Å². The lowest BCUT2D eigenvalue weighted by Crippen LogP contribution is -2.48. The molecule has 1 aromatic heterocycles.